The largest absolute Gasteiger partial charge is 0.456 e. The molecule has 3 heterocycles. The van der Waals surface area contributed by atoms with Crippen molar-refractivity contribution in [2.75, 3.05) is 4.90 Å². The first-order chi connectivity index (χ1) is 22.6. The third kappa shape index (κ3) is 4.19. The summed E-state index contributed by atoms with van der Waals surface area (Å²) in [7, 11) is 0. The molecule has 0 amide bonds. The smallest absolute Gasteiger partial charge is 0.248 e. The van der Waals surface area contributed by atoms with E-state index in [1.807, 2.05) is 6.07 Å². The standard InChI is InChI=1S/C44H38BNO/c1-43(2,3)28-18-21-30(22-19-28)46-37-23-20-29(44(4,5)6)26-36(37)45-35-15-9-7-12-32(35)34-24-27(25-38(46)42(34)45)31-14-11-17-40-41(31)33-13-8-10-16-39(33)47-40/h7-26H,1-6H3. The summed E-state index contributed by atoms with van der Waals surface area (Å²) in [6.45, 7) is 14.0. The minimum atomic E-state index is 0.0470. The lowest BCUT2D eigenvalue weighted by Crippen LogP contribution is -2.55. The predicted octanol–water partition coefficient (Wildman–Crippen LogP) is 10.1. The number of para-hydroxylation sites is 1. The number of rotatable bonds is 2. The van der Waals surface area contributed by atoms with E-state index in [-0.39, 0.29) is 17.5 Å². The number of nitrogens with zero attached hydrogens (tertiary/aromatic N) is 1. The molecule has 0 N–H and O–H groups in total. The molecular formula is C44H38BNO. The topological polar surface area (TPSA) is 16.4 Å². The number of anilines is 3. The van der Waals surface area contributed by atoms with Crippen molar-refractivity contribution in [1.82, 2.24) is 0 Å². The van der Waals surface area contributed by atoms with Gasteiger partial charge in [0.05, 0.1) is 0 Å². The highest BCUT2D eigenvalue weighted by Gasteiger charge is 2.43. The van der Waals surface area contributed by atoms with Crippen LogP contribution in [0.3, 0.4) is 0 Å². The van der Waals surface area contributed by atoms with E-state index >= 15 is 0 Å². The molecule has 1 aromatic heterocycles. The van der Waals surface area contributed by atoms with Crippen molar-refractivity contribution in [3.63, 3.8) is 0 Å². The molecule has 0 saturated carbocycles. The Hall–Kier alpha value is -5.02. The van der Waals surface area contributed by atoms with Gasteiger partial charge in [0.15, 0.2) is 0 Å². The second-order valence-corrected chi connectivity index (χ2v) is 15.4. The first kappa shape index (κ1) is 28.2. The minimum absolute atomic E-state index is 0.0470. The number of furan rings is 1. The third-order valence-corrected chi connectivity index (χ3v) is 10.4. The van der Waals surface area contributed by atoms with Crippen molar-refractivity contribution in [2.45, 2.75) is 52.4 Å². The summed E-state index contributed by atoms with van der Waals surface area (Å²) in [5, 5.41) is 2.32. The van der Waals surface area contributed by atoms with Gasteiger partial charge < -0.3 is 9.32 Å². The first-order valence-electron chi connectivity index (χ1n) is 16.8. The summed E-state index contributed by atoms with van der Waals surface area (Å²) < 4.78 is 6.35. The Morgan fingerprint density at radius 2 is 1.21 bits per heavy atom. The van der Waals surface area contributed by atoms with Gasteiger partial charge in [-0.2, -0.15) is 0 Å². The van der Waals surface area contributed by atoms with Crippen LogP contribution in [-0.4, -0.2) is 6.71 Å². The first-order valence-corrected chi connectivity index (χ1v) is 16.8. The molecule has 0 atom stereocenters. The van der Waals surface area contributed by atoms with Crippen molar-refractivity contribution in [2.24, 2.45) is 0 Å². The molecule has 0 unspecified atom stereocenters. The minimum Gasteiger partial charge on any atom is -0.456 e. The maximum absolute atomic E-state index is 6.35. The van der Waals surface area contributed by atoms with Crippen LogP contribution in [0.5, 0.6) is 0 Å². The number of hydrogen-bond donors (Lipinski definition) is 0. The van der Waals surface area contributed by atoms with Crippen molar-refractivity contribution in [3.05, 3.63) is 132 Å². The lowest BCUT2D eigenvalue weighted by molar-refractivity contribution is 0.590. The third-order valence-electron chi connectivity index (χ3n) is 10.4. The van der Waals surface area contributed by atoms with E-state index in [0.29, 0.717) is 0 Å². The molecule has 228 valence electrons. The molecule has 6 aromatic carbocycles. The SMILES string of the molecule is CC(C)(C)c1ccc(N2c3ccc(C(C)(C)C)cc3B3c4ccccc4-c4cc(-c5cccc6oc7ccccc7c56)cc2c43)cc1. The van der Waals surface area contributed by atoms with E-state index < -0.39 is 0 Å². The molecule has 3 heteroatoms. The van der Waals surface area contributed by atoms with Gasteiger partial charge in [0.2, 0.25) is 6.71 Å². The Morgan fingerprint density at radius 1 is 0.532 bits per heavy atom. The van der Waals surface area contributed by atoms with Gasteiger partial charge in [-0.1, -0.05) is 126 Å². The van der Waals surface area contributed by atoms with Crippen LogP contribution in [0, 0.1) is 0 Å². The molecule has 2 aliphatic rings. The molecule has 0 bridgehead atoms. The van der Waals surface area contributed by atoms with Crippen molar-refractivity contribution in [3.8, 4) is 22.3 Å². The van der Waals surface area contributed by atoms with Gasteiger partial charge in [0.1, 0.15) is 11.2 Å². The van der Waals surface area contributed by atoms with Crippen LogP contribution in [-0.2, 0) is 10.8 Å². The Kier molecular flexibility index (Phi) is 5.85. The molecule has 0 fully saturated rings. The Balaban J connectivity index is 1.37. The van der Waals surface area contributed by atoms with Crippen LogP contribution in [0.15, 0.2) is 126 Å². The number of hydrogen-bond acceptors (Lipinski definition) is 2. The van der Waals surface area contributed by atoms with E-state index in [1.54, 1.807) is 0 Å². The fourth-order valence-electron chi connectivity index (χ4n) is 7.97. The van der Waals surface area contributed by atoms with E-state index in [2.05, 4.69) is 162 Å². The number of benzene rings is 6. The van der Waals surface area contributed by atoms with Gasteiger partial charge in [-0.3, -0.25) is 0 Å². The summed E-state index contributed by atoms with van der Waals surface area (Å²) in [6, 6.07) is 45.2. The molecule has 0 radical (unpaired) electrons. The molecule has 2 aliphatic heterocycles. The zero-order valence-corrected chi connectivity index (χ0v) is 28.0. The molecule has 0 aliphatic carbocycles. The van der Waals surface area contributed by atoms with Crippen LogP contribution in [0.1, 0.15) is 52.7 Å². The number of fused-ring (bicyclic) bond motifs is 8. The van der Waals surface area contributed by atoms with E-state index in [1.165, 1.54) is 72.2 Å². The van der Waals surface area contributed by atoms with Gasteiger partial charge in [-0.05, 0) is 97.6 Å². The Labute approximate surface area is 277 Å². The fraction of sp³-hybridized carbons (Fsp3) is 0.182. The van der Waals surface area contributed by atoms with Crippen LogP contribution in [0.25, 0.3) is 44.2 Å². The highest BCUT2D eigenvalue weighted by Crippen LogP contribution is 2.45. The average molecular weight is 608 g/mol. The summed E-state index contributed by atoms with van der Waals surface area (Å²) in [4.78, 5) is 2.52. The lowest BCUT2D eigenvalue weighted by atomic mass is 9.37. The van der Waals surface area contributed by atoms with E-state index in [0.717, 1.165) is 16.6 Å². The van der Waals surface area contributed by atoms with Gasteiger partial charge in [-0.15, -0.1) is 0 Å². The normalized spacial score (nSPS) is 13.7. The lowest BCUT2D eigenvalue weighted by Gasteiger charge is -2.37. The van der Waals surface area contributed by atoms with Crippen LogP contribution < -0.4 is 21.3 Å². The van der Waals surface area contributed by atoms with Crippen molar-refractivity contribution in [1.29, 1.82) is 0 Å². The van der Waals surface area contributed by atoms with E-state index in [9.17, 15) is 0 Å². The van der Waals surface area contributed by atoms with E-state index in [4.69, 9.17) is 4.42 Å². The Morgan fingerprint density at radius 3 is 2.00 bits per heavy atom. The predicted molar refractivity (Wildman–Crippen MR) is 201 cm³/mol. The highest BCUT2D eigenvalue weighted by molar-refractivity contribution is 7.01. The zero-order valence-electron chi connectivity index (χ0n) is 28.0. The van der Waals surface area contributed by atoms with Gasteiger partial charge in [0, 0.05) is 27.8 Å². The summed E-state index contributed by atoms with van der Waals surface area (Å²) >= 11 is 0. The molecule has 9 rings (SSSR count). The molecular weight excluding hydrogens is 569 g/mol. The monoisotopic (exact) mass is 607 g/mol. The molecule has 7 aromatic rings. The van der Waals surface area contributed by atoms with Crippen LogP contribution in [0.4, 0.5) is 17.1 Å². The molecule has 0 saturated heterocycles. The molecule has 47 heavy (non-hydrogen) atoms. The Bertz CT molecular complexity index is 2380. The fourth-order valence-corrected chi connectivity index (χ4v) is 7.97. The van der Waals surface area contributed by atoms with Gasteiger partial charge in [-0.25, -0.2) is 0 Å². The maximum atomic E-state index is 6.35. The summed E-state index contributed by atoms with van der Waals surface area (Å²) in [5.74, 6) is 0. The molecule has 0 spiro atoms. The summed E-state index contributed by atoms with van der Waals surface area (Å²) in [5.41, 5.74) is 17.6. The summed E-state index contributed by atoms with van der Waals surface area (Å²) in [6.07, 6.45) is 0. The van der Waals surface area contributed by atoms with Gasteiger partial charge in [0.25, 0.3) is 0 Å². The average Bonchev–Trinajstić information content (AvgIpc) is 3.61. The maximum Gasteiger partial charge on any atom is 0.248 e. The second-order valence-electron chi connectivity index (χ2n) is 15.4. The van der Waals surface area contributed by atoms with Crippen molar-refractivity contribution < 1.29 is 4.42 Å². The van der Waals surface area contributed by atoms with Crippen LogP contribution in [0.2, 0.25) is 0 Å². The van der Waals surface area contributed by atoms with Crippen LogP contribution >= 0.6 is 0 Å². The van der Waals surface area contributed by atoms with Gasteiger partial charge >= 0.3 is 0 Å². The highest BCUT2D eigenvalue weighted by atomic mass is 16.3. The van der Waals surface area contributed by atoms with Crippen molar-refractivity contribution >= 4 is 62.1 Å². The second kappa shape index (κ2) is 9.75. The zero-order chi connectivity index (χ0) is 32.2. The quantitative estimate of drug-likeness (QED) is 0.182. The molecule has 2 nitrogen and oxygen atoms in total.